The molecule has 0 amide bonds. The molecule has 0 saturated carbocycles. The number of carbonyl (C=O) groups is 2. The molecule has 4 aromatic rings. The number of halogens is 2. The van der Waals surface area contributed by atoms with Crippen molar-refractivity contribution in [3.05, 3.63) is 104 Å². The number of carbonyl (C=O) groups excluding carboxylic acids is 2. The average Bonchev–Trinajstić information content (AvgIpc) is 3.85. The molecule has 2 unspecified atom stereocenters. The zero-order chi connectivity index (χ0) is 35.0. The largest absolute Gasteiger partial charge is 0.492 e. The Morgan fingerprint density at radius 1 is 0.640 bits per heavy atom. The van der Waals surface area contributed by atoms with Gasteiger partial charge >= 0.3 is 0 Å². The first-order chi connectivity index (χ1) is 24.3. The van der Waals surface area contributed by atoms with Gasteiger partial charge in [0.2, 0.25) is 0 Å². The highest BCUT2D eigenvalue weighted by Gasteiger charge is 2.20. The molecule has 2 heterocycles. The molecule has 2 atom stereocenters. The van der Waals surface area contributed by atoms with Crippen LogP contribution in [0, 0.1) is 25.7 Å². The van der Waals surface area contributed by atoms with E-state index in [1.165, 1.54) is 0 Å². The Labute approximate surface area is 302 Å². The molecule has 4 aromatic carbocycles. The predicted molar refractivity (Wildman–Crippen MR) is 193 cm³/mol. The van der Waals surface area contributed by atoms with Crippen molar-refractivity contribution >= 4 is 35.8 Å². The van der Waals surface area contributed by atoms with Gasteiger partial charge in [-0.2, -0.15) is 0 Å². The van der Waals surface area contributed by atoms with E-state index in [9.17, 15) is 9.59 Å². The molecule has 0 aliphatic carbocycles. The van der Waals surface area contributed by atoms with E-state index in [4.69, 9.17) is 51.6 Å². The van der Waals surface area contributed by atoms with Gasteiger partial charge in [-0.05, 0) is 72.2 Å². The second-order valence-electron chi connectivity index (χ2n) is 12.7. The predicted octanol–water partition coefficient (Wildman–Crippen LogP) is 8.89. The van der Waals surface area contributed by atoms with Crippen molar-refractivity contribution in [3.8, 4) is 34.1 Å². The van der Waals surface area contributed by atoms with Gasteiger partial charge in [-0.3, -0.25) is 9.59 Å². The molecule has 0 aromatic heterocycles. The lowest BCUT2D eigenvalue weighted by Gasteiger charge is -2.18. The lowest BCUT2D eigenvalue weighted by molar-refractivity contribution is 0.111. The van der Waals surface area contributed by atoms with Crippen molar-refractivity contribution in [3.63, 3.8) is 0 Å². The summed E-state index contributed by atoms with van der Waals surface area (Å²) in [4.78, 5) is 23.5. The van der Waals surface area contributed by atoms with Gasteiger partial charge in [-0.15, -0.1) is 0 Å². The monoisotopic (exact) mass is 718 g/mol. The fourth-order valence-electron chi connectivity index (χ4n) is 6.17. The van der Waals surface area contributed by atoms with E-state index in [-0.39, 0.29) is 25.0 Å². The Morgan fingerprint density at radius 3 is 1.46 bits per heavy atom. The van der Waals surface area contributed by atoms with E-state index >= 15 is 0 Å². The van der Waals surface area contributed by atoms with E-state index in [2.05, 4.69) is 26.0 Å². The number of aldehydes is 2. The standard InChI is InChI=1S/C40H40Cl2O8/c1-25-29(23-49-39-15-37(31(17-43)13-35(39)41)47-21-27-9-11-45-19-27)5-3-7-33(25)34-8-4-6-30(26(34)2)24-50-40-16-38(32(18-44)14-36(40)42)48-22-28-10-12-46-20-28/h3-8,13-18,27-28H,9-12,19-24H2,1-2H3. The lowest BCUT2D eigenvalue weighted by Crippen LogP contribution is -2.12. The van der Waals surface area contributed by atoms with Crippen LogP contribution in [0.15, 0.2) is 60.7 Å². The molecule has 50 heavy (non-hydrogen) atoms. The van der Waals surface area contributed by atoms with Gasteiger partial charge in [0.15, 0.2) is 12.6 Å². The Kier molecular flexibility index (Phi) is 12.0. The van der Waals surface area contributed by atoms with Crippen LogP contribution in [0.5, 0.6) is 23.0 Å². The molecule has 0 bridgehead atoms. The van der Waals surface area contributed by atoms with E-state index in [1.54, 1.807) is 24.3 Å². The Morgan fingerprint density at radius 2 is 1.08 bits per heavy atom. The van der Waals surface area contributed by atoms with Gasteiger partial charge in [-0.1, -0.05) is 59.6 Å². The Balaban J connectivity index is 1.16. The molecule has 8 nitrogen and oxygen atoms in total. The zero-order valence-electron chi connectivity index (χ0n) is 28.2. The van der Waals surface area contributed by atoms with Crippen molar-refractivity contribution < 1.29 is 38.0 Å². The third-order valence-electron chi connectivity index (χ3n) is 9.33. The molecule has 262 valence electrons. The van der Waals surface area contributed by atoms with E-state index < -0.39 is 0 Å². The van der Waals surface area contributed by atoms with Gasteiger partial charge in [0.1, 0.15) is 36.2 Å². The summed E-state index contributed by atoms with van der Waals surface area (Å²) in [7, 11) is 0. The highest BCUT2D eigenvalue weighted by Crippen LogP contribution is 2.37. The molecule has 2 saturated heterocycles. The summed E-state index contributed by atoms with van der Waals surface area (Å²) in [5, 5.41) is 0.674. The molecule has 0 spiro atoms. The highest BCUT2D eigenvalue weighted by molar-refractivity contribution is 6.32. The number of hydrogen-bond acceptors (Lipinski definition) is 8. The maximum absolute atomic E-state index is 11.7. The Bertz CT molecular complexity index is 1700. The summed E-state index contributed by atoms with van der Waals surface area (Å²) in [5.74, 6) is 2.34. The molecule has 6 rings (SSSR count). The van der Waals surface area contributed by atoms with Crippen LogP contribution in [0.25, 0.3) is 11.1 Å². The zero-order valence-corrected chi connectivity index (χ0v) is 29.7. The third-order valence-corrected chi connectivity index (χ3v) is 9.92. The summed E-state index contributed by atoms with van der Waals surface area (Å²) in [5.41, 5.74) is 6.99. The quantitative estimate of drug-likeness (QED) is 0.113. The SMILES string of the molecule is Cc1c(COc2cc(OCC3CCOC3)c(C=O)cc2Cl)cccc1-c1cccc(COc2cc(OCC3CCOC3)c(C=O)cc2Cl)c1C. The van der Waals surface area contributed by atoms with Crippen molar-refractivity contribution in [2.75, 3.05) is 39.6 Å². The van der Waals surface area contributed by atoms with Crippen molar-refractivity contribution in [2.45, 2.75) is 39.9 Å². The molecule has 10 heteroatoms. The number of hydrogen-bond donors (Lipinski definition) is 0. The molecule has 2 aliphatic rings. The van der Waals surface area contributed by atoms with E-state index in [0.29, 0.717) is 70.6 Å². The van der Waals surface area contributed by atoms with Crippen LogP contribution in [-0.4, -0.2) is 52.2 Å². The minimum Gasteiger partial charge on any atom is -0.492 e. The van der Waals surface area contributed by atoms with Gasteiger partial charge in [0.25, 0.3) is 0 Å². The summed E-state index contributed by atoms with van der Waals surface area (Å²) >= 11 is 13.0. The van der Waals surface area contributed by atoms with Crippen LogP contribution in [0.4, 0.5) is 0 Å². The van der Waals surface area contributed by atoms with Crippen molar-refractivity contribution in [1.29, 1.82) is 0 Å². The third kappa shape index (κ3) is 8.44. The Hall–Kier alpha value is -4.08. The first-order valence-electron chi connectivity index (χ1n) is 16.8. The van der Waals surface area contributed by atoms with Gasteiger partial charge < -0.3 is 28.4 Å². The van der Waals surface area contributed by atoms with Crippen molar-refractivity contribution in [1.82, 2.24) is 0 Å². The van der Waals surface area contributed by atoms with Crippen LogP contribution in [0.1, 0.15) is 55.8 Å². The van der Waals surface area contributed by atoms with Gasteiger partial charge in [0.05, 0.1) is 47.6 Å². The molecule has 0 N–H and O–H groups in total. The number of ether oxygens (including phenoxy) is 6. The topological polar surface area (TPSA) is 89.5 Å². The maximum atomic E-state index is 11.7. The smallest absolute Gasteiger partial charge is 0.153 e. The van der Waals surface area contributed by atoms with Gasteiger partial charge in [0, 0.05) is 37.2 Å². The minimum absolute atomic E-state index is 0.269. The van der Waals surface area contributed by atoms with E-state index in [1.807, 2.05) is 24.3 Å². The van der Waals surface area contributed by atoms with Crippen LogP contribution in [-0.2, 0) is 22.7 Å². The summed E-state index contributed by atoms with van der Waals surface area (Å²) in [6.45, 7) is 8.33. The number of benzene rings is 4. The summed E-state index contributed by atoms with van der Waals surface area (Å²) in [6.07, 6.45) is 3.33. The second kappa shape index (κ2) is 16.8. The summed E-state index contributed by atoms with van der Waals surface area (Å²) < 4.78 is 35.3. The second-order valence-corrected chi connectivity index (χ2v) is 13.5. The summed E-state index contributed by atoms with van der Waals surface area (Å²) in [6, 6.07) is 18.8. The fraction of sp³-hybridized carbons (Fsp3) is 0.350. The van der Waals surface area contributed by atoms with Crippen LogP contribution < -0.4 is 18.9 Å². The number of rotatable bonds is 15. The molecule has 2 aliphatic heterocycles. The van der Waals surface area contributed by atoms with Crippen LogP contribution in [0.2, 0.25) is 10.0 Å². The highest BCUT2D eigenvalue weighted by atomic mass is 35.5. The lowest BCUT2D eigenvalue weighted by atomic mass is 9.92. The first kappa shape index (κ1) is 35.7. The first-order valence-corrected chi connectivity index (χ1v) is 17.5. The van der Waals surface area contributed by atoms with Gasteiger partial charge in [-0.25, -0.2) is 0 Å². The van der Waals surface area contributed by atoms with Crippen LogP contribution >= 0.6 is 23.2 Å². The minimum atomic E-state index is 0.269. The van der Waals surface area contributed by atoms with Crippen LogP contribution in [0.3, 0.4) is 0 Å². The molecule has 0 radical (unpaired) electrons. The fourth-order valence-corrected chi connectivity index (χ4v) is 6.63. The van der Waals surface area contributed by atoms with Crippen molar-refractivity contribution in [2.24, 2.45) is 11.8 Å². The molecular weight excluding hydrogens is 679 g/mol. The average molecular weight is 720 g/mol. The molecular formula is C40H40Cl2O8. The molecule has 2 fully saturated rings. The maximum Gasteiger partial charge on any atom is 0.153 e. The normalized spacial score (nSPS) is 17.0. The van der Waals surface area contributed by atoms with E-state index in [0.717, 1.165) is 72.0 Å².